The first-order chi connectivity index (χ1) is 11.0. The summed E-state index contributed by atoms with van der Waals surface area (Å²) in [6.45, 7) is 4.12. The number of carbonyl (C=O) groups is 2. The summed E-state index contributed by atoms with van der Waals surface area (Å²) in [6.07, 6.45) is 3.56. The lowest BCUT2D eigenvalue weighted by Crippen LogP contribution is -2.42. The molecule has 3 N–H and O–H groups in total. The number of hydrogen-bond acceptors (Lipinski definition) is 3. The molecule has 0 aliphatic heterocycles. The lowest BCUT2D eigenvalue weighted by Gasteiger charge is -2.21. The highest BCUT2D eigenvalue weighted by Gasteiger charge is 2.64. The van der Waals surface area contributed by atoms with Crippen molar-refractivity contribution in [2.45, 2.75) is 51.0 Å². The molecular weight excluding hydrogens is 292 g/mol. The number of rotatable bonds is 8. The molecule has 5 nitrogen and oxygen atoms in total. The minimum Gasteiger partial charge on any atom is -0.497 e. The SMILES string of the molecule is CCCCC(C)NC(=O)C1(c2ccc(OC)cc2)CC1C(N)=O. The highest BCUT2D eigenvalue weighted by molar-refractivity contribution is 6.00. The smallest absolute Gasteiger partial charge is 0.231 e. The third-order valence-corrected chi connectivity index (χ3v) is 4.68. The quantitative estimate of drug-likeness (QED) is 0.770. The molecule has 1 saturated carbocycles. The molecule has 3 unspecified atom stereocenters. The van der Waals surface area contributed by atoms with Gasteiger partial charge in [-0.2, -0.15) is 0 Å². The molecular formula is C18H26N2O3. The van der Waals surface area contributed by atoms with Crippen molar-refractivity contribution in [2.75, 3.05) is 7.11 Å². The summed E-state index contributed by atoms with van der Waals surface area (Å²) in [5.74, 6) is -0.238. The molecule has 0 aromatic heterocycles. The summed E-state index contributed by atoms with van der Waals surface area (Å²) >= 11 is 0. The molecule has 0 bridgehead atoms. The maximum absolute atomic E-state index is 12.8. The topological polar surface area (TPSA) is 81.4 Å². The van der Waals surface area contributed by atoms with Crippen molar-refractivity contribution in [3.63, 3.8) is 0 Å². The number of ether oxygens (including phenoxy) is 1. The van der Waals surface area contributed by atoms with E-state index in [9.17, 15) is 9.59 Å². The van der Waals surface area contributed by atoms with Crippen LogP contribution in [0.4, 0.5) is 0 Å². The Morgan fingerprint density at radius 1 is 1.39 bits per heavy atom. The van der Waals surface area contributed by atoms with Gasteiger partial charge in [0.15, 0.2) is 0 Å². The number of benzene rings is 1. The molecule has 1 aliphatic rings. The number of nitrogens with one attached hydrogen (secondary N) is 1. The lowest BCUT2D eigenvalue weighted by molar-refractivity contribution is -0.127. The van der Waals surface area contributed by atoms with Gasteiger partial charge in [-0.25, -0.2) is 0 Å². The van der Waals surface area contributed by atoms with Gasteiger partial charge in [0, 0.05) is 6.04 Å². The van der Waals surface area contributed by atoms with E-state index in [1.807, 2.05) is 19.1 Å². The van der Waals surface area contributed by atoms with Crippen LogP contribution in [-0.4, -0.2) is 25.0 Å². The predicted octanol–water partition coefficient (Wildman–Crippen LogP) is 2.13. The van der Waals surface area contributed by atoms with Crippen molar-refractivity contribution in [3.05, 3.63) is 29.8 Å². The Kier molecular flexibility index (Phi) is 5.29. The van der Waals surface area contributed by atoms with E-state index < -0.39 is 17.2 Å². The summed E-state index contributed by atoms with van der Waals surface area (Å²) in [6, 6.07) is 7.39. The molecule has 2 amide bonds. The first kappa shape index (κ1) is 17.3. The number of carbonyl (C=O) groups excluding carboxylic acids is 2. The summed E-state index contributed by atoms with van der Waals surface area (Å²) < 4.78 is 5.15. The number of nitrogens with two attached hydrogens (primary N) is 1. The maximum Gasteiger partial charge on any atom is 0.231 e. The van der Waals surface area contributed by atoms with Gasteiger partial charge in [-0.05, 0) is 37.5 Å². The zero-order valence-corrected chi connectivity index (χ0v) is 14.1. The van der Waals surface area contributed by atoms with Crippen LogP contribution in [0.15, 0.2) is 24.3 Å². The van der Waals surface area contributed by atoms with Gasteiger partial charge < -0.3 is 15.8 Å². The maximum atomic E-state index is 12.8. The van der Waals surface area contributed by atoms with Crippen LogP contribution < -0.4 is 15.8 Å². The van der Waals surface area contributed by atoms with Gasteiger partial charge in [0.1, 0.15) is 5.75 Å². The van der Waals surface area contributed by atoms with Crippen molar-refractivity contribution in [1.29, 1.82) is 0 Å². The summed E-state index contributed by atoms with van der Waals surface area (Å²) in [4.78, 5) is 24.5. The van der Waals surface area contributed by atoms with Crippen molar-refractivity contribution in [2.24, 2.45) is 11.7 Å². The van der Waals surface area contributed by atoms with Gasteiger partial charge in [0.2, 0.25) is 11.8 Å². The van der Waals surface area contributed by atoms with E-state index in [4.69, 9.17) is 10.5 Å². The van der Waals surface area contributed by atoms with Crippen LogP contribution in [0.2, 0.25) is 0 Å². The van der Waals surface area contributed by atoms with E-state index in [2.05, 4.69) is 12.2 Å². The fourth-order valence-corrected chi connectivity index (χ4v) is 3.13. The predicted molar refractivity (Wildman–Crippen MR) is 89.1 cm³/mol. The van der Waals surface area contributed by atoms with Crippen molar-refractivity contribution in [3.8, 4) is 5.75 Å². The van der Waals surface area contributed by atoms with Gasteiger partial charge in [-0.1, -0.05) is 31.9 Å². The number of unbranched alkanes of at least 4 members (excludes halogenated alkanes) is 1. The van der Waals surface area contributed by atoms with Crippen molar-refractivity contribution < 1.29 is 14.3 Å². The first-order valence-corrected chi connectivity index (χ1v) is 8.20. The Labute approximate surface area is 137 Å². The van der Waals surface area contributed by atoms with E-state index in [-0.39, 0.29) is 11.9 Å². The van der Waals surface area contributed by atoms with Crippen LogP contribution in [0, 0.1) is 5.92 Å². The van der Waals surface area contributed by atoms with Crippen LogP contribution in [0.1, 0.15) is 45.1 Å². The third-order valence-electron chi connectivity index (χ3n) is 4.68. The lowest BCUT2D eigenvalue weighted by atomic mass is 9.91. The molecule has 1 aromatic rings. The molecule has 2 rings (SSSR count). The molecule has 0 radical (unpaired) electrons. The van der Waals surface area contributed by atoms with Crippen molar-refractivity contribution in [1.82, 2.24) is 5.32 Å². The fraction of sp³-hybridized carbons (Fsp3) is 0.556. The Bertz CT molecular complexity index is 570. The average molecular weight is 318 g/mol. The normalized spacial score (nSPS) is 23.9. The molecule has 23 heavy (non-hydrogen) atoms. The molecule has 0 saturated heterocycles. The van der Waals surface area contributed by atoms with Gasteiger partial charge in [-0.3, -0.25) is 9.59 Å². The second-order valence-electron chi connectivity index (χ2n) is 6.38. The summed E-state index contributed by atoms with van der Waals surface area (Å²) in [5, 5.41) is 3.05. The monoisotopic (exact) mass is 318 g/mol. The standard InChI is InChI=1S/C18H26N2O3/c1-4-5-6-12(2)20-17(22)18(11-15(18)16(19)21)13-7-9-14(23-3)10-8-13/h7-10,12,15H,4-6,11H2,1-3H3,(H2,19,21)(H,20,22). The number of methoxy groups -OCH3 is 1. The van der Waals surface area contributed by atoms with Crippen LogP contribution in [-0.2, 0) is 15.0 Å². The van der Waals surface area contributed by atoms with E-state index in [1.54, 1.807) is 19.2 Å². The zero-order chi connectivity index (χ0) is 17.0. The van der Waals surface area contributed by atoms with E-state index in [0.29, 0.717) is 6.42 Å². The molecule has 1 aromatic carbocycles. The molecule has 0 spiro atoms. The molecule has 1 aliphatic carbocycles. The van der Waals surface area contributed by atoms with Crippen molar-refractivity contribution >= 4 is 11.8 Å². The fourth-order valence-electron chi connectivity index (χ4n) is 3.13. The van der Waals surface area contributed by atoms with Gasteiger partial charge in [0.25, 0.3) is 0 Å². The summed E-state index contributed by atoms with van der Waals surface area (Å²) in [7, 11) is 1.59. The molecule has 1 fully saturated rings. The highest BCUT2D eigenvalue weighted by Crippen LogP contribution is 2.54. The Morgan fingerprint density at radius 2 is 2.04 bits per heavy atom. The zero-order valence-electron chi connectivity index (χ0n) is 14.1. The van der Waals surface area contributed by atoms with E-state index in [1.165, 1.54) is 0 Å². The van der Waals surface area contributed by atoms with Crippen LogP contribution in [0.3, 0.4) is 0 Å². The van der Waals surface area contributed by atoms with E-state index in [0.717, 1.165) is 30.6 Å². The Morgan fingerprint density at radius 3 is 2.52 bits per heavy atom. The van der Waals surface area contributed by atoms with Gasteiger partial charge in [-0.15, -0.1) is 0 Å². The first-order valence-electron chi connectivity index (χ1n) is 8.20. The van der Waals surface area contributed by atoms with Crippen LogP contribution in [0.25, 0.3) is 0 Å². The molecule has 0 heterocycles. The minimum atomic E-state index is -0.821. The highest BCUT2D eigenvalue weighted by atomic mass is 16.5. The number of hydrogen-bond donors (Lipinski definition) is 2. The van der Waals surface area contributed by atoms with Crippen LogP contribution in [0.5, 0.6) is 5.75 Å². The van der Waals surface area contributed by atoms with Gasteiger partial charge >= 0.3 is 0 Å². The van der Waals surface area contributed by atoms with Gasteiger partial charge in [0.05, 0.1) is 18.4 Å². The number of primary amides is 1. The average Bonchev–Trinajstić information content (AvgIpc) is 3.30. The van der Waals surface area contributed by atoms with E-state index >= 15 is 0 Å². The molecule has 5 heteroatoms. The molecule has 126 valence electrons. The molecule has 3 atom stereocenters. The van der Waals surface area contributed by atoms with Crippen LogP contribution >= 0.6 is 0 Å². The Hall–Kier alpha value is -2.04. The second kappa shape index (κ2) is 7.02. The summed E-state index contributed by atoms with van der Waals surface area (Å²) in [5.41, 5.74) is 5.47. The third kappa shape index (κ3) is 3.49. The largest absolute Gasteiger partial charge is 0.497 e. The second-order valence-corrected chi connectivity index (χ2v) is 6.38. The number of amides is 2. The minimum absolute atomic E-state index is 0.0895. The Balaban J connectivity index is 2.19.